The molecule has 0 amide bonds. The lowest BCUT2D eigenvalue weighted by Gasteiger charge is -2.06. The molecule has 73 valence electrons. The van der Waals surface area contributed by atoms with Crippen LogP contribution in [0.5, 0.6) is 0 Å². The Morgan fingerprint density at radius 3 is 2.79 bits per heavy atom. The third kappa shape index (κ3) is 1.34. The number of aryl methyl sites for hydroxylation is 1. The van der Waals surface area contributed by atoms with Gasteiger partial charge in [0.05, 0.1) is 11.3 Å². The summed E-state index contributed by atoms with van der Waals surface area (Å²) >= 11 is 0. The molecular weight excluding hydrogens is 193 g/mol. The Labute approximate surface area is 78.0 Å². The van der Waals surface area contributed by atoms with E-state index < -0.39 is 11.7 Å². The van der Waals surface area contributed by atoms with Crippen LogP contribution in [0, 0.1) is 13.0 Å². The van der Waals surface area contributed by atoms with E-state index in [0.29, 0.717) is 5.69 Å². The first-order chi connectivity index (χ1) is 6.48. The number of imidazole rings is 1. The fourth-order valence-electron chi connectivity index (χ4n) is 1.29. The van der Waals surface area contributed by atoms with E-state index in [2.05, 4.69) is 11.1 Å². The predicted molar refractivity (Wildman–Crippen MR) is 43.8 cm³/mol. The lowest BCUT2D eigenvalue weighted by atomic mass is 10.2. The third-order valence-corrected chi connectivity index (χ3v) is 1.84. The Hall–Kier alpha value is -1.52. The molecule has 0 aromatic carbocycles. The van der Waals surface area contributed by atoms with Crippen molar-refractivity contribution in [3.05, 3.63) is 35.8 Å². The largest absolute Gasteiger partial charge is 0.420 e. The van der Waals surface area contributed by atoms with Gasteiger partial charge < -0.3 is 4.40 Å². The Morgan fingerprint density at radius 2 is 2.14 bits per heavy atom. The number of aromatic nitrogens is 2. The molecule has 0 aliphatic carbocycles. The van der Waals surface area contributed by atoms with Gasteiger partial charge in [-0.3, -0.25) is 0 Å². The highest BCUT2D eigenvalue weighted by molar-refractivity contribution is 5.50. The molecule has 2 nitrogen and oxygen atoms in total. The van der Waals surface area contributed by atoms with Gasteiger partial charge >= 0.3 is 6.18 Å². The number of rotatable bonds is 0. The maximum Gasteiger partial charge on any atom is 0.420 e. The van der Waals surface area contributed by atoms with Crippen LogP contribution in [0.15, 0.2) is 18.5 Å². The molecule has 2 heterocycles. The summed E-state index contributed by atoms with van der Waals surface area (Å²) < 4.78 is 38.7. The van der Waals surface area contributed by atoms with E-state index in [9.17, 15) is 13.2 Å². The summed E-state index contributed by atoms with van der Waals surface area (Å²) in [5, 5.41) is 0. The lowest BCUT2D eigenvalue weighted by Crippen LogP contribution is -2.07. The molecule has 0 saturated carbocycles. The number of alkyl halides is 3. The number of pyridine rings is 1. The highest BCUT2D eigenvalue weighted by Crippen LogP contribution is 2.31. The maximum absolute atomic E-state index is 12.5. The van der Waals surface area contributed by atoms with E-state index in [-0.39, 0.29) is 5.65 Å². The van der Waals surface area contributed by atoms with Crippen LogP contribution >= 0.6 is 0 Å². The number of fused-ring (bicyclic) bond motifs is 1. The fraction of sp³-hybridized carbons (Fsp3) is 0.222. The van der Waals surface area contributed by atoms with Crippen LogP contribution in [-0.4, -0.2) is 9.38 Å². The fourth-order valence-corrected chi connectivity index (χ4v) is 1.29. The standard InChI is InChI=1S/C9H6F3N2/c1-6-5-14-4-2-3-7(8(14)13-6)9(10,11)12/h3-5H,1H3. The molecule has 0 saturated heterocycles. The average molecular weight is 199 g/mol. The molecule has 0 bridgehead atoms. The Bertz CT molecular complexity index is 470. The van der Waals surface area contributed by atoms with Gasteiger partial charge in [-0.05, 0) is 13.0 Å². The highest BCUT2D eigenvalue weighted by Gasteiger charge is 2.33. The zero-order valence-electron chi connectivity index (χ0n) is 7.26. The quantitative estimate of drug-likeness (QED) is 0.637. The molecule has 0 spiro atoms. The first kappa shape index (κ1) is 9.05. The summed E-state index contributed by atoms with van der Waals surface area (Å²) in [6.45, 7) is 1.65. The molecule has 2 rings (SSSR count). The minimum absolute atomic E-state index is 0.0752. The number of hydrogen-bond donors (Lipinski definition) is 0. The van der Waals surface area contributed by atoms with E-state index in [1.165, 1.54) is 16.8 Å². The molecule has 5 heteroatoms. The van der Waals surface area contributed by atoms with Gasteiger partial charge in [0.2, 0.25) is 0 Å². The van der Waals surface area contributed by atoms with Crippen molar-refractivity contribution >= 4 is 5.65 Å². The minimum atomic E-state index is -4.38. The monoisotopic (exact) mass is 199 g/mol. The Kier molecular flexibility index (Phi) is 1.77. The van der Waals surface area contributed by atoms with Crippen LogP contribution in [0.25, 0.3) is 5.65 Å². The van der Waals surface area contributed by atoms with Crippen molar-refractivity contribution in [1.82, 2.24) is 9.38 Å². The van der Waals surface area contributed by atoms with E-state index >= 15 is 0 Å². The SMILES string of the molecule is Cc1cn2c[c]cc(C(F)(F)F)c2n1. The van der Waals surface area contributed by atoms with Crippen LogP contribution in [0.3, 0.4) is 0 Å². The molecule has 0 N–H and O–H groups in total. The van der Waals surface area contributed by atoms with Crippen molar-refractivity contribution in [2.45, 2.75) is 13.1 Å². The maximum atomic E-state index is 12.5. The number of halogens is 3. The zero-order valence-corrected chi connectivity index (χ0v) is 7.26. The first-order valence-electron chi connectivity index (χ1n) is 3.91. The van der Waals surface area contributed by atoms with Gasteiger partial charge in [0.1, 0.15) is 5.65 Å². The van der Waals surface area contributed by atoms with Gasteiger partial charge in [-0.15, -0.1) is 0 Å². The first-order valence-corrected chi connectivity index (χ1v) is 3.91. The van der Waals surface area contributed by atoms with Crippen molar-refractivity contribution in [3.63, 3.8) is 0 Å². The van der Waals surface area contributed by atoms with Crippen molar-refractivity contribution in [2.75, 3.05) is 0 Å². The normalized spacial score (nSPS) is 12.3. The average Bonchev–Trinajstić information content (AvgIpc) is 2.41. The van der Waals surface area contributed by atoms with Crippen LogP contribution < -0.4 is 0 Å². The topological polar surface area (TPSA) is 17.3 Å². The molecule has 0 fully saturated rings. The van der Waals surface area contributed by atoms with Crippen LogP contribution in [0.4, 0.5) is 13.2 Å². The summed E-state index contributed by atoms with van der Waals surface area (Å²) in [7, 11) is 0. The zero-order chi connectivity index (χ0) is 10.3. The molecule has 0 unspecified atom stereocenters. The van der Waals surface area contributed by atoms with Gasteiger partial charge in [0, 0.05) is 18.5 Å². The van der Waals surface area contributed by atoms with Crippen molar-refractivity contribution in [2.24, 2.45) is 0 Å². The molecule has 2 aromatic rings. The van der Waals surface area contributed by atoms with Gasteiger partial charge in [0.25, 0.3) is 0 Å². The van der Waals surface area contributed by atoms with Crippen LogP contribution in [-0.2, 0) is 6.18 Å². The summed E-state index contributed by atoms with van der Waals surface area (Å²) in [5.41, 5.74) is -0.281. The van der Waals surface area contributed by atoms with Crippen LogP contribution in [0.1, 0.15) is 11.3 Å². The molecule has 0 atom stereocenters. The predicted octanol–water partition coefficient (Wildman–Crippen LogP) is 2.46. The summed E-state index contributed by atoms with van der Waals surface area (Å²) in [6.07, 6.45) is -1.43. The number of nitrogens with zero attached hydrogens (tertiary/aromatic N) is 2. The molecule has 14 heavy (non-hydrogen) atoms. The smallest absolute Gasteiger partial charge is 0.306 e. The van der Waals surface area contributed by atoms with E-state index in [0.717, 1.165) is 6.07 Å². The lowest BCUT2D eigenvalue weighted by molar-refractivity contribution is -0.136. The van der Waals surface area contributed by atoms with Crippen molar-refractivity contribution in [1.29, 1.82) is 0 Å². The van der Waals surface area contributed by atoms with Gasteiger partial charge in [0.15, 0.2) is 0 Å². The Balaban J connectivity index is 2.77. The molecule has 0 aliphatic heterocycles. The third-order valence-electron chi connectivity index (χ3n) is 1.84. The molecule has 0 aliphatic rings. The second-order valence-electron chi connectivity index (χ2n) is 2.96. The van der Waals surface area contributed by atoms with E-state index in [1.807, 2.05) is 0 Å². The van der Waals surface area contributed by atoms with Crippen molar-refractivity contribution in [3.8, 4) is 0 Å². The van der Waals surface area contributed by atoms with E-state index in [1.54, 1.807) is 6.92 Å². The number of hydrogen-bond acceptors (Lipinski definition) is 1. The second-order valence-corrected chi connectivity index (χ2v) is 2.96. The summed E-state index contributed by atoms with van der Waals surface area (Å²) in [4.78, 5) is 3.80. The van der Waals surface area contributed by atoms with Gasteiger partial charge in [-0.2, -0.15) is 13.2 Å². The summed E-state index contributed by atoms with van der Waals surface area (Å²) in [5.74, 6) is 0. The summed E-state index contributed by atoms with van der Waals surface area (Å²) in [6, 6.07) is 3.33. The van der Waals surface area contributed by atoms with Gasteiger partial charge in [-0.25, -0.2) is 4.98 Å². The molecular formula is C9H6F3N2. The molecule has 2 aromatic heterocycles. The second kappa shape index (κ2) is 2.73. The van der Waals surface area contributed by atoms with Gasteiger partial charge in [-0.1, -0.05) is 0 Å². The minimum Gasteiger partial charge on any atom is -0.306 e. The van der Waals surface area contributed by atoms with Crippen LogP contribution in [0.2, 0.25) is 0 Å². The van der Waals surface area contributed by atoms with E-state index in [4.69, 9.17) is 0 Å². The Morgan fingerprint density at radius 1 is 1.43 bits per heavy atom. The molecule has 1 radical (unpaired) electrons. The van der Waals surface area contributed by atoms with Crippen molar-refractivity contribution < 1.29 is 13.2 Å². The highest BCUT2D eigenvalue weighted by atomic mass is 19.4.